The van der Waals surface area contributed by atoms with E-state index in [1.807, 2.05) is 4.57 Å². The summed E-state index contributed by atoms with van der Waals surface area (Å²) in [5, 5.41) is 3.29. The summed E-state index contributed by atoms with van der Waals surface area (Å²) in [6, 6.07) is 1.74. The van der Waals surface area contributed by atoms with Gasteiger partial charge in [-0.05, 0) is 6.07 Å². The van der Waals surface area contributed by atoms with Crippen LogP contribution in [0.25, 0.3) is 11.1 Å². The first-order valence-electron chi connectivity index (χ1n) is 5.27. The minimum absolute atomic E-state index is 0.00513. The van der Waals surface area contributed by atoms with Gasteiger partial charge in [-0.2, -0.15) is 9.78 Å². The number of rotatable bonds is 4. The van der Waals surface area contributed by atoms with Gasteiger partial charge in [-0.3, -0.25) is 0 Å². The van der Waals surface area contributed by atoms with Crippen LogP contribution < -0.4 is 0 Å². The Morgan fingerprint density at radius 2 is 2.06 bits per heavy atom. The van der Waals surface area contributed by atoms with Crippen LogP contribution in [0.2, 0.25) is 0 Å². The Hall–Kier alpha value is -1.76. The van der Waals surface area contributed by atoms with Crippen LogP contribution in [0.5, 0.6) is 0 Å². The highest BCUT2D eigenvalue weighted by molar-refractivity contribution is 5.60. The molecule has 0 atom stereocenters. The first-order chi connectivity index (χ1) is 8.50. The smallest absolute Gasteiger partial charge is 0.383 e. The van der Waals surface area contributed by atoms with E-state index in [2.05, 4.69) is 5.10 Å². The summed E-state index contributed by atoms with van der Waals surface area (Å²) >= 11 is 0. The Morgan fingerprint density at radius 1 is 1.28 bits per heavy atom. The van der Waals surface area contributed by atoms with Crippen molar-refractivity contribution in [2.24, 2.45) is 0 Å². The molecule has 2 aromatic rings. The van der Waals surface area contributed by atoms with Crippen molar-refractivity contribution in [3.63, 3.8) is 0 Å². The van der Waals surface area contributed by atoms with Crippen LogP contribution in [0.3, 0.4) is 0 Å². The van der Waals surface area contributed by atoms with Gasteiger partial charge in [0.25, 0.3) is 0 Å². The average Bonchev–Trinajstić information content (AvgIpc) is 2.93. The van der Waals surface area contributed by atoms with Crippen molar-refractivity contribution in [3.05, 3.63) is 30.9 Å². The molecule has 2 rings (SSSR count). The van der Waals surface area contributed by atoms with Crippen molar-refractivity contribution in [3.8, 4) is 11.1 Å². The van der Waals surface area contributed by atoms with Crippen LogP contribution in [-0.2, 0) is 17.6 Å². The van der Waals surface area contributed by atoms with E-state index in [-0.39, 0.29) is 4.68 Å². The van der Waals surface area contributed by atoms with Crippen LogP contribution in [0.4, 0.5) is 13.2 Å². The fourth-order valence-corrected chi connectivity index (χ4v) is 1.56. The molecule has 0 spiro atoms. The van der Waals surface area contributed by atoms with E-state index in [1.165, 1.54) is 6.20 Å². The van der Waals surface area contributed by atoms with Crippen molar-refractivity contribution in [2.75, 3.05) is 13.7 Å². The van der Waals surface area contributed by atoms with Gasteiger partial charge < -0.3 is 9.30 Å². The molecule has 0 N–H and O–H groups in total. The second-order valence-corrected chi connectivity index (χ2v) is 3.77. The molecule has 0 aliphatic heterocycles. The molecule has 0 bridgehead atoms. The average molecular weight is 259 g/mol. The van der Waals surface area contributed by atoms with Gasteiger partial charge in [0.2, 0.25) is 0 Å². The van der Waals surface area contributed by atoms with Gasteiger partial charge >= 0.3 is 6.30 Å². The van der Waals surface area contributed by atoms with Crippen molar-refractivity contribution in [2.45, 2.75) is 12.8 Å². The third-order valence-corrected chi connectivity index (χ3v) is 2.48. The maximum absolute atomic E-state index is 12.4. The molecular weight excluding hydrogens is 247 g/mol. The number of aromatic nitrogens is 3. The number of ether oxygens (including phenoxy) is 1. The lowest BCUT2D eigenvalue weighted by Gasteiger charge is -2.03. The highest BCUT2D eigenvalue weighted by atomic mass is 19.4. The van der Waals surface area contributed by atoms with E-state index in [1.54, 1.807) is 25.6 Å². The van der Waals surface area contributed by atoms with Crippen molar-refractivity contribution >= 4 is 0 Å². The predicted molar refractivity (Wildman–Crippen MR) is 58.8 cm³/mol. The summed E-state index contributed by atoms with van der Waals surface area (Å²) in [7, 11) is 1.60. The number of halogens is 3. The lowest BCUT2D eigenvalue weighted by Crippen LogP contribution is -2.16. The maximum Gasteiger partial charge on any atom is 0.504 e. The largest absolute Gasteiger partial charge is 0.504 e. The van der Waals surface area contributed by atoms with E-state index in [0.29, 0.717) is 24.3 Å². The number of alkyl halides is 3. The van der Waals surface area contributed by atoms with Gasteiger partial charge in [0.15, 0.2) is 0 Å². The topological polar surface area (TPSA) is 32.0 Å². The van der Waals surface area contributed by atoms with Crippen molar-refractivity contribution in [1.82, 2.24) is 14.3 Å². The molecule has 0 unspecified atom stereocenters. The first kappa shape index (κ1) is 12.7. The van der Waals surface area contributed by atoms with Crippen molar-refractivity contribution in [1.29, 1.82) is 0 Å². The molecule has 18 heavy (non-hydrogen) atoms. The zero-order valence-corrected chi connectivity index (χ0v) is 9.68. The minimum atomic E-state index is -4.48. The fraction of sp³-hybridized carbons (Fsp3) is 0.364. The number of hydrogen-bond donors (Lipinski definition) is 0. The van der Waals surface area contributed by atoms with Gasteiger partial charge in [0, 0.05) is 43.4 Å². The maximum atomic E-state index is 12.4. The molecule has 0 saturated carbocycles. The fourth-order valence-electron chi connectivity index (χ4n) is 1.56. The molecule has 7 heteroatoms. The second-order valence-electron chi connectivity index (χ2n) is 3.77. The summed E-state index contributed by atoms with van der Waals surface area (Å²) < 4.78 is 43.9. The van der Waals surface area contributed by atoms with Gasteiger partial charge in [-0.1, -0.05) is 0 Å². The molecule has 4 nitrogen and oxygen atoms in total. The molecule has 2 heterocycles. The molecular formula is C11H12F3N3O. The zero-order valence-electron chi connectivity index (χ0n) is 9.68. The molecule has 0 aliphatic carbocycles. The monoisotopic (exact) mass is 259 g/mol. The quantitative estimate of drug-likeness (QED) is 0.844. The van der Waals surface area contributed by atoms with E-state index in [9.17, 15) is 13.2 Å². The van der Waals surface area contributed by atoms with Crippen LogP contribution in [0, 0.1) is 0 Å². The van der Waals surface area contributed by atoms with E-state index in [0.717, 1.165) is 6.20 Å². The SMILES string of the molecule is COCCn1ccc(-c2cnn(C(F)(F)F)c2)c1. The van der Waals surface area contributed by atoms with Crippen LogP contribution >= 0.6 is 0 Å². The number of hydrogen-bond acceptors (Lipinski definition) is 2. The molecule has 98 valence electrons. The zero-order chi connectivity index (χ0) is 13.2. The van der Waals surface area contributed by atoms with E-state index >= 15 is 0 Å². The van der Waals surface area contributed by atoms with Crippen LogP contribution in [0.1, 0.15) is 0 Å². The molecule has 0 radical (unpaired) electrons. The summed E-state index contributed by atoms with van der Waals surface area (Å²) in [5.74, 6) is 0. The summed E-state index contributed by atoms with van der Waals surface area (Å²) in [6.07, 6.45) is 1.24. The molecule has 0 amide bonds. The molecule has 0 aromatic carbocycles. The van der Waals surface area contributed by atoms with Gasteiger partial charge in [0.05, 0.1) is 12.8 Å². The lowest BCUT2D eigenvalue weighted by atomic mass is 10.2. The summed E-state index contributed by atoms with van der Waals surface area (Å²) in [4.78, 5) is 0. The molecule has 0 aliphatic rings. The second kappa shape index (κ2) is 4.85. The normalized spacial score (nSPS) is 12.0. The summed E-state index contributed by atoms with van der Waals surface area (Å²) in [6.45, 7) is 1.21. The van der Waals surface area contributed by atoms with E-state index in [4.69, 9.17) is 4.74 Å². The Morgan fingerprint density at radius 3 is 2.67 bits per heavy atom. The van der Waals surface area contributed by atoms with Gasteiger partial charge in [-0.25, -0.2) is 0 Å². The number of nitrogens with zero attached hydrogens (tertiary/aromatic N) is 3. The Balaban J connectivity index is 2.16. The highest BCUT2D eigenvalue weighted by Crippen LogP contribution is 2.25. The molecule has 0 fully saturated rings. The van der Waals surface area contributed by atoms with Crippen LogP contribution in [-0.4, -0.2) is 28.1 Å². The van der Waals surface area contributed by atoms with Gasteiger partial charge in [0.1, 0.15) is 0 Å². The Labute approximate surface area is 102 Å². The first-order valence-corrected chi connectivity index (χ1v) is 5.27. The number of methoxy groups -OCH3 is 1. The summed E-state index contributed by atoms with van der Waals surface area (Å²) in [5.41, 5.74) is 1.13. The van der Waals surface area contributed by atoms with Gasteiger partial charge in [-0.15, -0.1) is 13.2 Å². The van der Waals surface area contributed by atoms with Crippen molar-refractivity contribution < 1.29 is 17.9 Å². The molecule has 0 saturated heterocycles. The third-order valence-electron chi connectivity index (χ3n) is 2.48. The predicted octanol–water partition coefficient (Wildman–Crippen LogP) is 2.47. The highest BCUT2D eigenvalue weighted by Gasteiger charge is 2.31. The lowest BCUT2D eigenvalue weighted by molar-refractivity contribution is -0.212. The Kier molecular flexibility index (Phi) is 3.42. The third kappa shape index (κ3) is 2.73. The standard InChI is InChI=1S/C11H12F3N3O/c1-18-5-4-16-3-2-9(7-16)10-6-15-17(8-10)11(12,13)14/h2-3,6-8H,4-5H2,1H3. The minimum Gasteiger partial charge on any atom is -0.383 e. The van der Waals surface area contributed by atoms with E-state index < -0.39 is 6.30 Å². The molecule has 2 aromatic heterocycles. The van der Waals surface area contributed by atoms with Crippen LogP contribution in [0.15, 0.2) is 30.9 Å². The Bertz CT molecular complexity index is 516.